The fourth-order valence-corrected chi connectivity index (χ4v) is 4.05. The highest BCUT2D eigenvalue weighted by atomic mass is 35.5. The first-order valence-electron chi connectivity index (χ1n) is 7.98. The zero-order valence-corrected chi connectivity index (χ0v) is 14.6. The molecule has 2 bridgehead atoms. The zero-order chi connectivity index (χ0) is 14.7. The third-order valence-electron chi connectivity index (χ3n) is 4.50. The first-order valence-corrected chi connectivity index (χ1v) is 9.13. The Labute approximate surface area is 143 Å². The molecule has 2 saturated heterocycles. The maximum atomic E-state index is 12.3. The quantitative estimate of drug-likeness (QED) is 0.863. The van der Waals surface area contributed by atoms with Gasteiger partial charge in [0.2, 0.25) is 0 Å². The first-order chi connectivity index (χ1) is 10.2. The number of fused-ring (bicyclic) bond motifs is 2. The number of amides is 1. The van der Waals surface area contributed by atoms with Crippen LogP contribution in [0, 0.1) is 0 Å². The Morgan fingerprint density at radius 3 is 2.45 bits per heavy atom. The minimum atomic E-state index is 0. The molecule has 0 saturated carbocycles. The van der Waals surface area contributed by atoms with Crippen LogP contribution >= 0.6 is 24.2 Å². The lowest BCUT2D eigenvalue weighted by Crippen LogP contribution is -2.48. The van der Waals surface area contributed by atoms with Gasteiger partial charge in [0, 0.05) is 29.4 Å². The SMILES string of the molecule is CCSCc1ccc(C(=O)NC2CC3CCC(C2)N3)cc1.Cl. The van der Waals surface area contributed by atoms with E-state index in [1.165, 1.54) is 18.4 Å². The van der Waals surface area contributed by atoms with Crippen LogP contribution in [0.5, 0.6) is 0 Å². The van der Waals surface area contributed by atoms with Gasteiger partial charge in [-0.1, -0.05) is 19.1 Å². The monoisotopic (exact) mass is 340 g/mol. The average Bonchev–Trinajstić information content (AvgIpc) is 2.84. The Bertz CT molecular complexity index is 482. The highest BCUT2D eigenvalue weighted by Gasteiger charge is 2.33. The molecule has 5 heteroatoms. The van der Waals surface area contributed by atoms with Gasteiger partial charge in [0.25, 0.3) is 5.91 Å². The summed E-state index contributed by atoms with van der Waals surface area (Å²) >= 11 is 1.90. The molecule has 2 fully saturated rings. The van der Waals surface area contributed by atoms with E-state index in [9.17, 15) is 4.79 Å². The Balaban J connectivity index is 0.00000176. The van der Waals surface area contributed by atoms with Crippen LogP contribution in [-0.2, 0) is 5.75 Å². The molecule has 2 atom stereocenters. The summed E-state index contributed by atoms with van der Waals surface area (Å²) in [6.45, 7) is 2.17. The molecule has 0 aliphatic carbocycles. The number of halogens is 1. The molecule has 122 valence electrons. The Morgan fingerprint density at radius 1 is 1.23 bits per heavy atom. The van der Waals surface area contributed by atoms with Gasteiger partial charge in [0.15, 0.2) is 0 Å². The van der Waals surface area contributed by atoms with Crippen molar-refractivity contribution in [3.63, 3.8) is 0 Å². The minimum Gasteiger partial charge on any atom is -0.349 e. The van der Waals surface area contributed by atoms with Crippen molar-refractivity contribution in [2.45, 2.75) is 56.5 Å². The highest BCUT2D eigenvalue weighted by Crippen LogP contribution is 2.27. The lowest BCUT2D eigenvalue weighted by molar-refractivity contribution is 0.0924. The number of nitrogens with one attached hydrogen (secondary N) is 2. The van der Waals surface area contributed by atoms with E-state index < -0.39 is 0 Å². The molecule has 0 spiro atoms. The second-order valence-corrected chi connectivity index (χ2v) is 7.39. The Morgan fingerprint density at radius 2 is 1.86 bits per heavy atom. The fraction of sp³-hybridized carbons (Fsp3) is 0.588. The van der Waals surface area contributed by atoms with E-state index in [2.05, 4.69) is 29.7 Å². The molecule has 1 aromatic rings. The lowest BCUT2D eigenvalue weighted by atomic mass is 9.99. The van der Waals surface area contributed by atoms with E-state index in [1.54, 1.807) is 0 Å². The summed E-state index contributed by atoms with van der Waals surface area (Å²) in [6.07, 6.45) is 4.68. The van der Waals surface area contributed by atoms with Gasteiger partial charge < -0.3 is 10.6 Å². The topological polar surface area (TPSA) is 41.1 Å². The molecular formula is C17H25ClN2OS. The second kappa shape index (κ2) is 8.23. The summed E-state index contributed by atoms with van der Waals surface area (Å²) in [7, 11) is 0. The smallest absolute Gasteiger partial charge is 0.251 e. The number of thioether (sulfide) groups is 1. The molecule has 2 N–H and O–H groups in total. The van der Waals surface area contributed by atoms with Gasteiger partial charge in [-0.15, -0.1) is 12.4 Å². The van der Waals surface area contributed by atoms with Crippen LogP contribution in [0.25, 0.3) is 0 Å². The van der Waals surface area contributed by atoms with Crippen LogP contribution in [0.15, 0.2) is 24.3 Å². The largest absolute Gasteiger partial charge is 0.349 e. The summed E-state index contributed by atoms with van der Waals surface area (Å²) in [5.41, 5.74) is 2.07. The molecular weight excluding hydrogens is 316 g/mol. The van der Waals surface area contributed by atoms with Gasteiger partial charge in [-0.2, -0.15) is 11.8 Å². The molecule has 0 aromatic heterocycles. The predicted octanol–water partition coefficient (Wildman–Crippen LogP) is 3.37. The third kappa shape index (κ3) is 4.40. The normalized spacial score (nSPS) is 26.3. The van der Waals surface area contributed by atoms with Crippen molar-refractivity contribution in [2.75, 3.05) is 5.75 Å². The van der Waals surface area contributed by atoms with Gasteiger partial charge in [0.1, 0.15) is 0 Å². The van der Waals surface area contributed by atoms with Crippen LogP contribution in [-0.4, -0.2) is 29.8 Å². The standard InChI is InChI=1S/C17H24N2OS.ClH/c1-2-21-11-12-3-5-13(6-4-12)17(20)19-16-9-14-7-8-15(10-16)18-14;/h3-6,14-16,18H,2,7-11H2,1H3,(H,19,20);1H. The molecule has 1 amide bonds. The van der Waals surface area contributed by atoms with Crippen LogP contribution in [0.4, 0.5) is 0 Å². The maximum Gasteiger partial charge on any atom is 0.251 e. The van der Waals surface area contributed by atoms with Gasteiger partial charge in [-0.3, -0.25) is 4.79 Å². The number of hydrogen-bond donors (Lipinski definition) is 2. The van der Waals surface area contributed by atoms with E-state index in [1.807, 2.05) is 23.9 Å². The van der Waals surface area contributed by atoms with Crippen molar-refractivity contribution in [1.29, 1.82) is 0 Å². The third-order valence-corrected chi connectivity index (χ3v) is 5.44. The van der Waals surface area contributed by atoms with E-state index in [4.69, 9.17) is 0 Å². The summed E-state index contributed by atoms with van der Waals surface area (Å²) in [6, 6.07) is 9.62. The van der Waals surface area contributed by atoms with Crippen LogP contribution < -0.4 is 10.6 Å². The number of hydrogen-bond acceptors (Lipinski definition) is 3. The van der Waals surface area contributed by atoms with Crippen LogP contribution in [0.1, 0.15) is 48.5 Å². The second-order valence-electron chi connectivity index (χ2n) is 6.11. The number of rotatable bonds is 5. The molecule has 2 heterocycles. The maximum absolute atomic E-state index is 12.3. The van der Waals surface area contributed by atoms with Crippen molar-refractivity contribution >= 4 is 30.1 Å². The summed E-state index contributed by atoms with van der Waals surface area (Å²) in [5.74, 6) is 2.23. The Kier molecular flexibility index (Phi) is 6.60. The molecule has 1 aromatic carbocycles. The molecule has 2 aliphatic heterocycles. The number of carbonyl (C=O) groups is 1. The lowest BCUT2D eigenvalue weighted by Gasteiger charge is -2.29. The van der Waals surface area contributed by atoms with Gasteiger partial charge in [-0.05, 0) is 49.1 Å². The molecule has 2 unspecified atom stereocenters. The molecule has 3 rings (SSSR count). The average molecular weight is 341 g/mol. The van der Waals surface area contributed by atoms with Crippen molar-refractivity contribution in [1.82, 2.24) is 10.6 Å². The van der Waals surface area contributed by atoms with E-state index in [-0.39, 0.29) is 18.3 Å². The number of piperidine rings is 1. The Hall–Kier alpha value is -0.710. The molecule has 2 aliphatic rings. The van der Waals surface area contributed by atoms with Crippen LogP contribution in [0.2, 0.25) is 0 Å². The molecule has 3 nitrogen and oxygen atoms in total. The van der Waals surface area contributed by atoms with Gasteiger partial charge in [0.05, 0.1) is 0 Å². The van der Waals surface area contributed by atoms with Crippen molar-refractivity contribution in [3.05, 3.63) is 35.4 Å². The van der Waals surface area contributed by atoms with E-state index in [0.717, 1.165) is 29.9 Å². The van der Waals surface area contributed by atoms with E-state index in [0.29, 0.717) is 18.1 Å². The summed E-state index contributed by atoms with van der Waals surface area (Å²) in [5, 5.41) is 6.82. The first kappa shape index (κ1) is 17.6. The molecule has 22 heavy (non-hydrogen) atoms. The van der Waals surface area contributed by atoms with Gasteiger partial charge in [-0.25, -0.2) is 0 Å². The number of carbonyl (C=O) groups excluding carboxylic acids is 1. The van der Waals surface area contributed by atoms with Crippen LogP contribution in [0.3, 0.4) is 0 Å². The van der Waals surface area contributed by atoms with Crippen molar-refractivity contribution < 1.29 is 4.79 Å². The van der Waals surface area contributed by atoms with Crippen molar-refractivity contribution in [3.8, 4) is 0 Å². The number of benzene rings is 1. The fourth-order valence-electron chi connectivity index (χ4n) is 3.42. The highest BCUT2D eigenvalue weighted by molar-refractivity contribution is 7.98. The predicted molar refractivity (Wildman–Crippen MR) is 96.0 cm³/mol. The summed E-state index contributed by atoms with van der Waals surface area (Å²) < 4.78 is 0. The zero-order valence-electron chi connectivity index (χ0n) is 13.0. The summed E-state index contributed by atoms with van der Waals surface area (Å²) in [4.78, 5) is 12.3. The van der Waals surface area contributed by atoms with Crippen molar-refractivity contribution in [2.24, 2.45) is 0 Å². The van der Waals surface area contributed by atoms with E-state index >= 15 is 0 Å². The minimum absolute atomic E-state index is 0. The van der Waals surface area contributed by atoms with Gasteiger partial charge >= 0.3 is 0 Å². The molecule has 0 radical (unpaired) electrons.